The number of aromatic nitrogens is 1. The Balaban J connectivity index is 1.93. The Kier molecular flexibility index (Phi) is 8.70. The zero-order valence-electron chi connectivity index (χ0n) is 22.2. The fourth-order valence-electron chi connectivity index (χ4n) is 4.82. The third kappa shape index (κ3) is 5.83. The molecular formula is C28H33N5O5S. The number of ether oxygens (including phenoxy) is 2. The van der Waals surface area contributed by atoms with E-state index in [1.807, 2.05) is 19.1 Å². The van der Waals surface area contributed by atoms with Crippen LogP contribution >= 0.6 is 11.5 Å². The minimum absolute atomic E-state index is 0.00361. The van der Waals surface area contributed by atoms with E-state index in [1.54, 1.807) is 30.3 Å². The number of benzene rings is 2. The van der Waals surface area contributed by atoms with E-state index in [0.29, 0.717) is 22.7 Å². The molecule has 2 aromatic carbocycles. The molecule has 1 aliphatic rings. The first-order valence-electron chi connectivity index (χ1n) is 12.8. The molecule has 0 spiro atoms. The summed E-state index contributed by atoms with van der Waals surface area (Å²) in [5, 5.41) is 3.14. The number of amides is 3. The highest BCUT2D eigenvalue weighted by molar-refractivity contribution is 7.09. The highest BCUT2D eigenvalue weighted by atomic mass is 32.1. The standard InChI is InChI=1S/C28H33N5O5S/c1-4-16-9-11-18(12-10-16)33(28(36)25-22(29)23(26(30)34)32-39-25)24(27(35)31-17-7-5-6-8-17)20-15-19(37-2)13-14-21(20)38-3/h9-15,17,24H,4-8,29H2,1-3H3,(H2,30,34)(H,31,35)/t24-/m1/s1. The van der Waals surface area contributed by atoms with Crippen molar-refractivity contribution in [3.63, 3.8) is 0 Å². The van der Waals surface area contributed by atoms with E-state index in [1.165, 1.54) is 19.1 Å². The number of primary amides is 1. The molecule has 1 aromatic heterocycles. The van der Waals surface area contributed by atoms with E-state index in [0.717, 1.165) is 49.2 Å². The second-order valence-electron chi connectivity index (χ2n) is 9.33. The van der Waals surface area contributed by atoms with Crippen molar-refractivity contribution in [1.82, 2.24) is 9.69 Å². The number of rotatable bonds is 10. The number of anilines is 2. The number of carbonyl (C=O) groups excluding carboxylic acids is 3. The molecule has 206 valence electrons. The van der Waals surface area contributed by atoms with Gasteiger partial charge < -0.3 is 26.3 Å². The molecule has 11 heteroatoms. The second-order valence-corrected chi connectivity index (χ2v) is 10.1. The second kappa shape index (κ2) is 12.2. The van der Waals surface area contributed by atoms with Gasteiger partial charge in [-0.3, -0.25) is 19.3 Å². The Bertz CT molecular complexity index is 1350. The maximum atomic E-state index is 14.3. The highest BCUT2D eigenvalue weighted by Crippen LogP contribution is 2.38. The van der Waals surface area contributed by atoms with Crippen molar-refractivity contribution < 1.29 is 23.9 Å². The van der Waals surface area contributed by atoms with Crippen LogP contribution in [0.1, 0.15) is 69.9 Å². The fourth-order valence-corrected chi connectivity index (χ4v) is 5.56. The van der Waals surface area contributed by atoms with E-state index >= 15 is 0 Å². The lowest BCUT2D eigenvalue weighted by molar-refractivity contribution is -0.123. The van der Waals surface area contributed by atoms with E-state index in [2.05, 4.69) is 9.69 Å². The first-order chi connectivity index (χ1) is 18.8. The van der Waals surface area contributed by atoms with Crippen molar-refractivity contribution in [2.24, 2.45) is 5.73 Å². The van der Waals surface area contributed by atoms with Crippen LogP contribution in [0.15, 0.2) is 42.5 Å². The van der Waals surface area contributed by atoms with Crippen LogP contribution in [-0.2, 0) is 11.2 Å². The van der Waals surface area contributed by atoms with Gasteiger partial charge in [0.05, 0.1) is 19.9 Å². The van der Waals surface area contributed by atoms with Crippen LogP contribution in [0.25, 0.3) is 0 Å². The minimum atomic E-state index is -1.16. The number of hydrogen-bond donors (Lipinski definition) is 3. The molecule has 0 radical (unpaired) electrons. The zero-order chi connectivity index (χ0) is 28.1. The molecule has 1 heterocycles. The van der Waals surface area contributed by atoms with Gasteiger partial charge in [-0.1, -0.05) is 31.9 Å². The van der Waals surface area contributed by atoms with Crippen molar-refractivity contribution in [1.29, 1.82) is 0 Å². The normalized spacial score (nSPS) is 14.0. The van der Waals surface area contributed by atoms with Crippen molar-refractivity contribution in [3.8, 4) is 11.5 Å². The summed E-state index contributed by atoms with van der Waals surface area (Å²) in [7, 11) is 3.02. The molecule has 1 aliphatic carbocycles. The van der Waals surface area contributed by atoms with Gasteiger partial charge in [-0.25, -0.2) is 0 Å². The summed E-state index contributed by atoms with van der Waals surface area (Å²) in [6.07, 6.45) is 4.56. The SMILES string of the molecule is CCc1ccc(N(C(=O)c2snc(C(N)=O)c2N)[C@@H](C(=O)NC2CCCC2)c2cc(OC)ccc2OC)cc1. The van der Waals surface area contributed by atoms with Gasteiger partial charge in [-0.2, -0.15) is 4.37 Å². The molecule has 4 rings (SSSR count). The molecule has 0 saturated heterocycles. The number of nitrogen functional groups attached to an aromatic ring is 1. The number of methoxy groups -OCH3 is 2. The summed E-state index contributed by atoms with van der Waals surface area (Å²) in [5.74, 6) is -0.920. The van der Waals surface area contributed by atoms with Crippen molar-refractivity contribution >= 4 is 40.6 Å². The minimum Gasteiger partial charge on any atom is -0.497 e. The third-order valence-corrected chi connectivity index (χ3v) is 7.79. The largest absolute Gasteiger partial charge is 0.497 e. The predicted octanol–water partition coefficient (Wildman–Crippen LogP) is 3.85. The molecule has 39 heavy (non-hydrogen) atoms. The molecule has 5 N–H and O–H groups in total. The smallest absolute Gasteiger partial charge is 0.273 e. The molecule has 0 unspecified atom stereocenters. The van der Waals surface area contributed by atoms with Gasteiger partial charge in [-0.05, 0) is 66.7 Å². The fraction of sp³-hybridized carbons (Fsp3) is 0.357. The summed E-state index contributed by atoms with van der Waals surface area (Å²) in [6.45, 7) is 2.03. The molecule has 1 atom stereocenters. The summed E-state index contributed by atoms with van der Waals surface area (Å²) in [5.41, 5.74) is 13.2. The maximum Gasteiger partial charge on any atom is 0.273 e. The van der Waals surface area contributed by atoms with Gasteiger partial charge in [0.25, 0.3) is 11.8 Å². The van der Waals surface area contributed by atoms with Gasteiger partial charge in [0.15, 0.2) is 5.69 Å². The zero-order valence-corrected chi connectivity index (χ0v) is 23.0. The maximum absolute atomic E-state index is 14.3. The highest BCUT2D eigenvalue weighted by Gasteiger charge is 2.38. The molecule has 0 aliphatic heterocycles. The third-order valence-electron chi connectivity index (χ3n) is 6.94. The van der Waals surface area contributed by atoms with Gasteiger partial charge in [-0.15, -0.1) is 0 Å². The summed E-state index contributed by atoms with van der Waals surface area (Å²) in [6, 6.07) is 11.3. The number of nitrogens with two attached hydrogens (primary N) is 2. The van der Waals surface area contributed by atoms with Crippen molar-refractivity contribution in [3.05, 3.63) is 64.2 Å². The Morgan fingerprint density at radius 2 is 1.79 bits per heavy atom. The number of carbonyl (C=O) groups is 3. The van der Waals surface area contributed by atoms with E-state index in [-0.39, 0.29) is 28.2 Å². The van der Waals surface area contributed by atoms with Gasteiger partial charge >= 0.3 is 0 Å². The van der Waals surface area contributed by atoms with Crippen LogP contribution in [0, 0.1) is 0 Å². The summed E-state index contributed by atoms with van der Waals surface area (Å²) >= 11 is 0.763. The number of nitrogens with one attached hydrogen (secondary N) is 1. The first-order valence-corrected chi connectivity index (χ1v) is 13.6. The van der Waals surface area contributed by atoms with Gasteiger partial charge in [0, 0.05) is 17.3 Å². The van der Waals surface area contributed by atoms with Gasteiger partial charge in [0.2, 0.25) is 5.91 Å². The Morgan fingerprint density at radius 1 is 1.10 bits per heavy atom. The lowest BCUT2D eigenvalue weighted by Crippen LogP contribution is -2.46. The van der Waals surface area contributed by atoms with Crippen LogP contribution in [0.2, 0.25) is 0 Å². The van der Waals surface area contributed by atoms with Gasteiger partial charge in [0.1, 0.15) is 22.4 Å². The Morgan fingerprint density at radius 3 is 2.36 bits per heavy atom. The van der Waals surface area contributed by atoms with E-state index < -0.39 is 17.9 Å². The molecule has 3 amide bonds. The molecule has 0 bridgehead atoms. The first kappa shape index (κ1) is 27.9. The van der Waals surface area contributed by atoms with Crippen LogP contribution in [0.5, 0.6) is 11.5 Å². The van der Waals surface area contributed by atoms with E-state index in [4.69, 9.17) is 20.9 Å². The Labute approximate surface area is 231 Å². The van der Waals surface area contributed by atoms with Crippen molar-refractivity contribution in [2.75, 3.05) is 24.9 Å². The monoisotopic (exact) mass is 551 g/mol. The van der Waals surface area contributed by atoms with E-state index in [9.17, 15) is 14.4 Å². The van der Waals surface area contributed by atoms with Crippen LogP contribution in [0.3, 0.4) is 0 Å². The molecule has 1 fully saturated rings. The average molecular weight is 552 g/mol. The van der Waals surface area contributed by atoms with Crippen LogP contribution in [-0.4, -0.2) is 42.4 Å². The lowest BCUT2D eigenvalue weighted by atomic mass is 9.99. The van der Waals surface area contributed by atoms with Crippen molar-refractivity contribution in [2.45, 2.75) is 51.1 Å². The molecule has 1 saturated carbocycles. The lowest BCUT2D eigenvalue weighted by Gasteiger charge is -2.33. The summed E-state index contributed by atoms with van der Waals surface area (Å²) in [4.78, 5) is 41.6. The number of aryl methyl sites for hydroxylation is 1. The molecular weight excluding hydrogens is 518 g/mol. The molecule has 3 aromatic rings. The molecule has 10 nitrogen and oxygen atoms in total. The predicted molar refractivity (Wildman–Crippen MR) is 150 cm³/mol. The Hall–Kier alpha value is -4.12. The number of hydrogen-bond acceptors (Lipinski definition) is 8. The summed E-state index contributed by atoms with van der Waals surface area (Å²) < 4.78 is 15.1. The average Bonchev–Trinajstić information content (AvgIpc) is 3.60. The van der Waals surface area contributed by atoms with Crippen LogP contribution in [0.4, 0.5) is 11.4 Å². The quantitative estimate of drug-likeness (QED) is 0.346. The number of nitrogens with zero attached hydrogens (tertiary/aromatic N) is 2. The van der Waals surface area contributed by atoms with Crippen LogP contribution < -0.4 is 31.2 Å². The topological polar surface area (TPSA) is 150 Å².